The van der Waals surface area contributed by atoms with E-state index in [2.05, 4.69) is 4.74 Å². The predicted molar refractivity (Wildman–Crippen MR) is 61.3 cm³/mol. The van der Waals surface area contributed by atoms with Gasteiger partial charge < -0.3 is 9.47 Å². The SMILES string of the molecule is CCOC(=O)CC(F)(F)CCC(=O)OC(C)(C)C. The highest BCUT2D eigenvalue weighted by atomic mass is 19.3. The van der Waals surface area contributed by atoms with Crippen molar-refractivity contribution >= 4 is 11.9 Å². The first-order valence-electron chi connectivity index (χ1n) is 5.81. The van der Waals surface area contributed by atoms with Crippen molar-refractivity contribution in [2.75, 3.05) is 6.61 Å². The van der Waals surface area contributed by atoms with Crippen LogP contribution in [0.5, 0.6) is 0 Å². The fourth-order valence-electron chi connectivity index (χ4n) is 1.19. The van der Waals surface area contributed by atoms with Gasteiger partial charge in [-0.3, -0.25) is 9.59 Å². The van der Waals surface area contributed by atoms with Gasteiger partial charge >= 0.3 is 11.9 Å². The monoisotopic (exact) mass is 266 g/mol. The van der Waals surface area contributed by atoms with Crippen LogP contribution in [0, 0.1) is 0 Å². The predicted octanol–water partition coefficient (Wildman–Crippen LogP) is 2.70. The number of carbonyl (C=O) groups is 2. The van der Waals surface area contributed by atoms with Gasteiger partial charge in [-0.15, -0.1) is 0 Å². The summed E-state index contributed by atoms with van der Waals surface area (Å²) in [7, 11) is 0. The molecule has 0 amide bonds. The molecule has 106 valence electrons. The number of hydrogen-bond donors (Lipinski definition) is 0. The van der Waals surface area contributed by atoms with Gasteiger partial charge in [-0.25, -0.2) is 8.78 Å². The van der Waals surface area contributed by atoms with Gasteiger partial charge in [0.2, 0.25) is 0 Å². The molecule has 0 aliphatic carbocycles. The highest BCUT2D eigenvalue weighted by Gasteiger charge is 2.34. The van der Waals surface area contributed by atoms with Crippen molar-refractivity contribution in [2.24, 2.45) is 0 Å². The number of alkyl halides is 2. The lowest BCUT2D eigenvalue weighted by molar-refractivity contribution is -0.160. The second kappa shape index (κ2) is 6.66. The standard InChI is InChI=1S/C12H20F2O4/c1-5-17-10(16)8-12(13,14)7-6-9(15)18-11(2,3)4/h5-8H2,1-4H3. The highest BCUT2D eigenvalue weighted by Crippen LogP contribution is 2.25. The van der Waals surface area contributed by atoms with Crippen LogP contribution in [-0.4, -0.2) is 30.1 Å². The quantitative estimate of drug-likeness (QED) is 0.694. The lowest BCUT2D eigenvalue weighted by Gasteiger charge is -2.20. The normalized spacial score (nSPS) is 12.1. The van der Waals surface area contributed by atoms with Crippen molar-refractivity contribution in [1.29, 1.82) is 0 Å². The van der Waals surface area contributed by atoms with E-state index in [1.165, 1.54) is 6.92 Å². The number of hydrogen-bond acceptors (Lipinski definition) is 4. The molecule has 0 aliphatic heterocycles. The molecule has 0 spiro atoms. The zero-order chi connectivity index (χ0) is 14.4. The van der Waals surface area contributed by atoms with E-state index in [1.807, 2.05) is 0 Å². The molecule has 0 saturated carbocycles. The summed E-state index contributed by atoms with van der Waals surface area (Å²) >= 11 is 0. The topological polar surface area (TPSA) is 52.6 Å². The molecule has 0 fully saturated rings. The number of esters is 2. The van der Waals surface area contributed by atoms with E-state index >= 15 is 0 Å². The first-order chi connectivity index (χ1) is 8.06. The zero-order valence-corrected chi connectivity index (χ0v) is 11.2. The highest BCUT2D eigenvalue weighted by molar-refractivity contribution is 5.71. The van der Waals surface area contributed by atoms with E-state index in [0.29, 0.717) is 0 Å². The minimum atomic E-state index is -3.25. The van der Waals surface area contributed by atoms with E-state index in [0.717, 1.165) is 0 Å². The fourth-order valence-corrected chi connectivity index (χ4v) is 1.19. The molecule has 0 saturated heterocycles. The molecule has 0 atom stereocenters. The van der Waals surface area contributed by atoms with Gasteiger partial charge in [0, 0.05) is 6.42 Å². The number of ether oxygens (including phenoxy) is 2. The van der Waals surface area contributed by atoms with Gasteiger partial charge in [-0.05, 0) is 27.7 Å². The maximum atomic E-state index is 13.3. The molecule has 0 rings (SSSR count). The summed E-state index contributed by atoms with van der Waals surface area (Å²) < 4.78 is 35.9. The molecule has 0 bridgehead atoms. The van der Waals surface area contributed by atoms with Gasteiger partial charge in [0.05, 0.1) is 13.0 Å². The molecule has 0 N–H and O–H groups in total. The lowest BCUT2D eigenvalue weighted by atomic mass is 10.1. The van der Waals surface area contributed by atoms with Crippen LogP contribution in [0.15, 0.2) is 0 Å². The van der Waals surface area contributed by atoms with E-state index in [9.17, 15) is 18.4 Å². The summed E-state index contributed by atoms with van der Waals surface area (Å²) in [6.45, 7) is 6.56. The maximum absolute atomic E-state index is 13.3. The van der Waals surface area contributed by atoms with E-state index in [4.69, 9.17) is 4.74 Å². The Kier molecular flexibility index (Phi) is 6.21. The van der Waals surface area contributed by atoms with Gasteiger partial charge in [-0.2, -0.15) is 0 Å². The van der Waals surface area contributed by atoms with Gasteiger partial charge in [0.1, 0.15) is 12.0 Å². The molecular weight excluding hydrogens is 246 g/mol. The molecule has 4 nitrogen and oxygen atoms in total. The number of rotatable bonds is 6. The molecule has 0 unspecified atom stereocenters. The number of carbonyl (C=O) groups excluding carboxylic acids is 2. The molecule has 0 aliphatic rings. The Labute approximate surface area is 106 Å². The third-order valence-electron chi connectivity index (χ3n) is 1.82. The summed E-state index contributed by atoms with van der Waals surface area (Å²) in [4.78, 5) is 22.2. The first kappa shape index (κ1) is 16.8. The second-order valence-corrected chi connectivity index (χ2v) is 4.92. The van der Waals surface area contributed by atoms with Crippen LogP contribution in [0.1, 0.15) is 47.0 Å². The zero-order valence-electron chi connectivity index (χ0n) is 11.2. The van der Waals surface area contributed by atoms with E-state index in [1.54, 1.807) is 20.8 Å². The summed E-state index contributed by atoms with van der Waals surface area (Å²) in [5.74, 6) is -4.92. The van der Waals surface area contributed by atoms with Crippen LogP contribution in [0.25, 0.3) is 0 Å². The Morgan fingerprint density at radius 2 is 1.67 bits per heavy atom. The van der Waals surface area contributed by atoms with Crippen LogP contribution in [0.2, 0.25) is 0 Å². The van der Waals surface area contributed by atoms with Crippen molar-refractivity contribution in [3.8, 4) is 0 Å². The molecule has 0 radical (unpaired) electrons. The minimum absolute atomic E-state index is 0.0565. The third kappa shape index (κ3) is 8.90. The average Bonchev–Trinajstić information content (AvgIpc) is 2.11. The van der Waals surface area contributed by atoms with Crippen LogP contribution < -0.4 is 0 Å². The fraction of sp³-hybridized carbons (Fsp3) is 0.833. The minimum Gasteiger partial charge on any atom is -0.466 e. The lowest BCUT2D eigenvalue weighted by Crippen LogP contribution is -2.27. The van der Waals surface area contributed by atoms with Crippen LogP contribution >= 0.6 is 0 Å². The number of halogens is 2. The van der Waals surface area contributed by atoms with Gasteiger partial charge in [0.25, 0.3) is 5.92 Å². The van der Waals surface area contributed by atoms with Crippen LogP contribution in [0.4, 0.5) is 8.78 Å². The van der Waals surface area contributed by atoms with Crippen molar-refractivity contribution < 1.29 is 27.8 Å². The summed E-state index contributed by atoms with van der Waals surface area (Å²) in [6.07, 6.45) is -2.16. The smallest absolute Gasteiger partial charge is 0.311 e. The molecule has 18 heavy (non-hydrogen) atoms. The molecule has 6 heteroatoms. The molecule has 0 aromatic heterocycles. The molecular formula is C12H20F2O4. The van der Waals surface area contributed by atoms with Crippen molar-refractivity contribution in [3.05, 3.63) is 0 Å². The summed E-state index contributed by atoms with van der Waals surface area (Å²) in [6, 6.07) is 0. The van der Waals surface area contributed by atoms with Crippen LogP contribution in [0.3, 0.4) is 0 Å². The Bertz CT molecular complexity index is 295. The molecule has 0 aromatic carbocycles. The van der Waals surface area contributed by atoms with Gasteiger partial charge in [-0.1, -0.05) is 0 Å². The van der Waals surface area contributed by atoms with Crippen LogP contribution in [-0.2, 0) is 19.1 Å². The van der Waals surface area contributed by atoms with Crippen molar-refractivity contribution in [1.82, 2.24) is 0 Å². The molecule has 0 heterocycles. The van der Waals surface area contributed by atoms with Gasteiger partial charge in [0.15, 0.2) is 0 Å². The Morgan fingerprint density at radius 3 is 2.11 bits per heavy atom. The first-order valence-corrected chi connectivity index (χ1v) is 5.81. The molecule has 0 aromatic rings. The van der Waals surface area contributed by atoms with E-state index < -0.39 is 42.7 Å². The van der Waals surface area contributed by atoms with E-state index in [-0.39, 0.29) is 6.61 Å². The Morgan fingerprint density at radius 1 is 1.11 bits per heavy atom. The summed E-state index contributed by atoms with van der Waals surface area (Å²) in [5, 5.41) is 0. The Hall–Kier alpha value is -1.20. The summed E-state index contributed by atoms with van der Waals surface area (Å²) in [5.41, 5.74) is -0.701. The van der Waals surface area contributed by atoms with Crippen molar-refractivity contribution in [3.63, 3.8) is 0 Å². The van der Waals surface area contributed by atoms with Crippen molar-refractivity contribution in [2.45, 2.75) is 58.5 Å². The second-order valence-electron chi connectivity index (χ2n) is 4.92. The Balaban J connectivity index is 4.10. The largest absolute Gasteiger partial charge is 0.466 e. The maximum Gasteiger partial charge on any atom is 0.311 e. The average molecular weight is 266 g/mol. The third-order valence-corrected chi connectivity index (χ3v) is 1.82.